The minimum atomic E-state index is -0.417. The van der Waals surface area contributed by atoms with Crippen molar-refractivity contribution in [2.75, 3.05) is 0 Å². The molecule has 120 valence electrons. The molecule has 4 rings (SSSR count). The second kappa shape index (κ2) is 5.80. The first-order valence-corrected chi connectivity index (χ1v) is 7.46. The summed E-state index contributed by atoms with van der Waals surface area (Å²) in [6, 6.07) is 14.3. The van der Waals surface area contributed by atoms with Crippen molar-refractivity contribution in [2.45, 2.75) is 0 Å². The van der Waals surface area contributed by atoms with Crippen LogP contribution in [0.4, 0.5) is 8.78 Å². The van der Waals surface area contributed by atoms with Gasteiger partial charge in [0.25, 0.3) is 0 Å². The topological polar surface area (TPSA) is 54.0 Å². The molecule has 0 fully saturated rings. The molecule has 0 radical (unpaired) electrons. The van der Waals surface area contributed by atoms with Gasteiger partial charge in [0, 0.05) is 17.3 Å². The zero-order valence-electron chi connectivity index (χ0n) is 12.8. The fourth-order valence-corrected chi connectivity index (χ4v) is 2.77. The molecule has 0 aliphatic heterocycles. The maximum atomic E-state index is 13.6. The van der Waals surface area contributed by atoms with Crippen molar-refractivity contribution in [2.24, 2.45) is 0 Å². The highest BCUT2D eigenvalue weighted by atomic mass is 19.1. The Morgan fingerprint density at radius 1 is 0.920 bits per heavy atom. The van der Waals surface area contributed by atoms with E-state index in [0.29, 0.717) is 16.8 Å². The second-order valence-electron chi connectivity index (χ2n) is 5.45. The number of rotatable bonds is 2. The first kappa shape index (κ1) is 15.0. The van der Waals surface area contributed by atoms with Gasteiger partial charge in [-0.1, -0.05) is 0 Å². The highest BCUT2D eigenvalue weighted by Gasteiger charge is 2.17. The lowest BCUT2D eigenvalue weighted by atomic mass is 10.00. The molecule has 0 unspecified atom stereocenters. The molecule has 4 nitrogen and oxygen atoms in total. The van der Waals surface area contributed by atoms with E-state index in [9.17, 15) is 8.78 Å². The Balaban J connectivity index is 2.04. The number of hydrogen-bond acceptors (Lipinski definition) is 3. The van der Waals surface area contributed by atoms with Crippen LogP contribution in [-0.2, 0) is 0 Å². The van der Waals surface area contributed by atoms with Crippen molar-refractivity contribution in [1.82, 2.24) is 14.6 Å². The molecule has 0 aliphatic rings. The largest absolute Gasteiger partial charge is 0.246 e. The highest BCUT2D eigenvalue weighted by Crippen LogP contribution is 2.35. The summed E-state index contributed by atoms with van der Waals surface area (Å²) in [5, 5.41) is 13.6. The summed E-state index contributed by atoms with van der Waals surface area (Å²) >= 11 is 0. The standard InChI is InChI=1S/C19H10F2N4/c20-14-3-1-12(2-4-14)19-18(13-7-8-23-16(9-13)10-22)17-6-5-15(21)11-25(17)24-19/h1-9,11H. The van der Waals surface area contributed by atoms with E-state index in [1.54, 1.807) is 30.3 Å². The summed E-state index contributed by atoms with van der Waals surface area (Å²) in [6.07, 6.45) is 2.81. The van der Waals surface area contributed by atoms with E-state index in [4.69, 9.17) is 5.26 Å². The average Bonchev–Trinajstić information content (AvgIpc) is 3.00. The highest BCUT2D eigenvalue weighted by molar-refractivity contribution is 5.92. The maximum absolute atomic E-state index is 13.6. The Morgan fingerprint density at radius 3 is 2.44 bits per heavy atom. The van der Waals surface area contributed by atoms with E-state index in [1.165, 1.54) is 35.1 Å². The van der Waals surface area contributed by atoms with Gasteiger partial charge < -0.3 is 0 Å². The Kier molecular flexibility index (Phi) is 3.47. The van der Waals surface area contributed by atoms with Gasteiger partial charge in [-0.3, -0.25) is 0 Å². The minimum absolute atomic E-state index is 0.268. The third kappa shape index (κ3) is 2.62. The molecule has 0 saturated carbocycles. The molecule has 0 saturated heterocycles. The summed E-state index contributed by atoms with van der Waals surface area (Å²) in [5.74, 6) is -0.768. The van der Waals surface area contributed by atoms with E-state index < -0.39 is 5.82 Å². The SMILES string of the molecule is N#Cc1cc(-c2c(-c3ccc(F)cc3)nn3cc(F)ccc23)ccn1. The van der Waals surface area contributed by atoms with Crippen LogP contribution in [0.15, 0.2) is 60.9 Å². The maximum Gasteiger partial charge on any atom is 0.141 e. The van der Waals surface area contributed by atoms with Crippen molar-refractivity contribution < 1.29 is 8.78 Å². The second-order valence-corrected chi connectivity index (χ2v) is 5.45. The lowest BCUT2D eigenvalue weighted by molar-refractivity contribution is 0.615. The van der Waals surface area contributed by atoms with Crippen molar-refractivity contribution in [3.05, 3.63) is 78.3 Å². The molecule has 3 heterocycles. The zero-order valence-corrected chi connectivity index (χ0v) is 12.8. The van der Waals surface area contributed by atoms with Gasteiger partial charge in [-0.05, 0) is 54.1 Å². The molecule has 6 heteroatoms. The van der Waals surface area contributed by atoms with Gasteiger partial charge in [-0.15, -0.1) is 0 Å². The number of hydrogen-bond donors (Lipinski definition) is 0. The zero-order chi connectivity index (χ0) is 17.4. The lowest BCUT2D eigenvalue weighted by Gasteiger charge is -2.04. The molecule has 0 spiro atoms. The Morgan fingerprint density at radius 2 is 1.68 bits per heavy atom. The summed E-state index contributed by atoms with van der Waals surface area (Å²) in [5.41, 5.74) is 3.66. The normalized spacial score (nSPS) is 10.8. The van der Waals surface area contributed by atoms with Gasteiger partial charge in [-0.2, -0.15) is 10.4 Å². The number of aromatic nitrogens is 3. The van der Waals surface area contributed by atoms with Crippen LogP contribution < -0.4 is 0 Å². The quantitative estimate of drug-likeness (QED) is 0.552. The molecule has 4 aromatic rings. The van der Waals surface area contributed by atoms with Crippen LogP contribution in [0.1, 0.15) is 5.69 Å². The number of pyridine rings is 2. The van der Waals surface area contributed by atoms with Gasteiger partial charge in [0.05, 0.1) is 11.7 Å². The van der Waals surface area contributed by atoms with E-state index in [1.807, 2.05) is 6.07 Å². The van der Waals surface area contributed by atoms with Crippen LogP contribution in [0.5, 0.6) is 0 Å². The summed E-state index contributed by atoms with van der Waals surface area (Å²) in [4.78, 5) is 3.98. The smallest absolute Gasteiger partial charge is 0.141 e. The van der Waals surface area contributed by atoms with Crippen molar-refractivity contribution in [3.8, 4) is 28.5 Å². The molecular formula is C19H10F2N4. The summed E-state index contributed by atoms with van der Waals surface area (Å²) in [6.45, 7) is 0. The number of nitrogens with zero attached hydrogens (tertiary/aromatic N) is 4. The first-order valence-electron chi connectivity index (χ1n) is 7.46. The van der Waals surface area contributed by atoms with E-state index in [2.05, 4.69) is 10.1 Å². The predicted molar refractivity (Wildman–Crippen MR) is 88.5 cm³/mol. The fourth-order valence-electron chi connectivity index (χ4n) is 2.77. The van der Waals surface area contributed by atoms with Gasteiger partial charge in [-0.25, -0.2) is 18.3 Å². The fraction of sp³-hybridized carbons (Fsp3) is 0. The van der Waals surface area contributed by atoms with Crippen LogP contribution in [0.25, 0.3) is 27.9 Å². The molecule has 1 aromatic carbocycles. The third-order valence-electron chi connectivity index (χ3n) is 3.87. The third-order valence-corrected chi connectivity index (χ3v) is 3.87. The molecule has 0 aliphatic carbocycles. The Bertz CT molecular complexity index is 1120. The molecule has 25 heavy (non-hydrogen) atoms. The first-order chi connectivity index (χ1) is 12.2. The average molecular weight is 332 g/mol. The molecule has 0 atom stereocenters. The van der Waals surface area contributed by atoms with Gasteiger partial charge in [0.1, 0.15) is 29.1 Å². The molecule has 0 amide bonds. The summed E-state index contributed by atoms with van der Waals surface area (Å²) in [7, 11) is 0. The van der Waals surface area contributed by atoms with Crippen LogP contribution in [-0.4, -0.2) is 14.6 Å². The number of benzene rings is 1. The molecule has 0 N–H and O–H groups in total. The van der Waals surface area contributed by atoms with Crippen LogP contribution >= 0.6 is 0 Å². The van der Waals surface area contributed by atoms with Gasteiger partial charge in [0.2, 0.25) is 0 Å². The van der Waals surface area contributed by atoms with Crippen molar-refractivity contribution in [3.63, 3.8) is 0 Å². The van der Waals surface area contributed by atoms with Gasteiger partial charge >= 0.3 is 0 Å². The van der Waals surface area contributed by atoms with Gasteiger partial charge in [0.15, 0.2) is 0 Å². The van der Waals surface area contributed by atoms with E-state index in [0.717, 1.165) is 11.1 Å². The molecule has 3 aromatic heterocycles. The molecule has 0 bridgehead atoms. The number of halogens is 2. The minimum Gasteiger partial charge on any atom is -0.246 e. The van der Waals surface area contributed by atoms with Crippen LogP contribution in [0.2, 0.25) is 0 Å². The van der Waals surface area contributed by atoms with Crippen LogP contribution in [0.3, 0.4) is 0 Å². The predicted octanol–water partition coefficient (Wildman–Crippen LogP) is 4.21. The lowest BCUT2D eigenvalue weighted by Crippen LogP contribution is -1.88. The van der Waals surface area contributed by atoms with E-state index in [-0.39, 0.29) is 11.5 Å². The van der Waals surface area contributed by atoms with E-state index >= 15 is 0 Å². The van der Waals surface area contributed by atoms with Crippen molar-refractivity contribution >= 4 is 5.52 Å². The Labute approximate surface area is 141 Å². The summed E-state index contributed by atoms with van der Waals surface area (Å²) < 4.78 is 28.3. The Hall–Kier alpha value is -3.59. The number of fused-ring (bicyclic) bond motifs is 1. The van der Waals surface area contributed by atoms with Crippen molar-refractivity contribution in [1.29, 1.82) is 5.26 Å². The van der Waals surface area contributed by atoms with Crippen LogP contribution in [0, 0.1) is 23.0 Å². The number of nitriles is 1. The molecular weight excluding hydrogens is 322 g/mol. The monoisotopic (exact) mass is 332 g/mol.